The third kappa shape index (κ3) is 4.96. The van der Waals surface area contributed by atoms with Gasteiger partial charge in [0.25, 0.3) is 0 Å². The van der Waals surface area contributed by atoms with Crippen molar-refractivity contribution in [3.63, 3.8) is 0 Å². The van der Waals surface area contributed by atoms with Crippen LogP contribution in [0.5, 0.6) is 5.75 Å². The molecule has 4 aromatic rings. The van der Waals surface area contributed by atoms with E-state index in [1.807, 2.05) is 24.3 Å². The van der Waals surface area contributed by atoms with E-state index in [1.165, 1.54) is 38.9 Å². The lowest BCUT2D eigenvalue weighted by Crippen LogP contribution is -2.34. The molecule has 2 heterocycles. The zero-order valence-electron chi connectivity index (χ0n) is 21.8. The quantitative estimate of drug-likeness (QED) is 0.272. The highest BCUT2D eigenvalue weighted by Crippen LogP contribution is 2.36. The smallest absolute Gasteiger partial charge is 0.243 e. The number of nitrogens with zero attached hydrogens (tertiary/aromatic N) is 2. The highest BCUT2D eigenvalue weighted by molar-refractivity contribution is 7.89. The lowest BCUT2D eigenvalue weighted by atomic mass is 9.97. The number of benzene rings is 3. The average Bonchev–Trinajstić information content (AvgIpc) is 3.20. The van der Waals surface area contributed by atoms with Crippen LogP contribution in [-0.4, -0.2) is 37.5 Å². The number of aromatic nitrogens is 1. The van der Waals surface area contributed by atoms with Crippen molar-refractivity contribution in [3.05, 3.63) is 101 Å². The van der Waals surface area contributed by atoms with Crippen LogP contribution in [-0.2, 0) is 23.0 Å². The number of rotatable bonds is 8. The van der Waals surface area contributed by atoms with E-state index in [2.05, 4.69) is 60.9 Å². The number of aryl methyl sites for hydroxylation is 1. The van der Waals surface area contributed by atoms with E-state index in [9.17, 15) is 8.42 Å². The molecule has 0 radical (unpaired) electrons. The van der Waals surface area contributed by atoms with E-state index in [0.29, 0.717) is 24.4 Å². The molecule has 0 saturated carbocycles. The number of methoxy groups -OCH3 is 1. The normalized spacial score (nSPS) is 14.6. The Morgan fingerprint density at radius 3 is 2.27 bits per heavy atom. The second-order valence-corrected chi connectivity index (χ2v) is 11.6. The Bertz CT molecular complexity index is 1530. The number of sulfonamides is 1. The van der Waals surface area contributed by atoms with Crippen molar-refractivity contribution in [2.45, 2.75) is 44.6 Å². The number of hydrogen-bond donors (Lipinski definition) is 0. The van der Waals surface area contributed by atoms with Gasteiger partial charge >= 0.3 is 0 Å². The van der Waals surface area contributed by atoms with Crippen molar-refractivity contribution in [1.82, 2.24) is 8.87 Å². The number of para-hydroxylation sites is 1. The van der Waals surface area contributed by atoms with Crippen molar-refractivity contribution in [2.24, 2.45) is 0 Å². The first-order chi connectivity index (χ1) is 17.9. The molecular weight excluding hydrogens is 480 g/mol. The summed E-state index contributed by atoms with van der Waals surface area (Å²) < 4.78 is 35.9. The van der Waals surface area contributed by atoms with E-state index < -0.39 is 10.0 Å². The lowest BCUT2D eigenvalue weighted by molar-refractivity contribution is 0.414. The molecule has 1 aliphatic rings. The summed E-state index contributed by atoms with van der Waals surface area (Å²) in [6, 6.07) is 24.0. The summed E-state index contributed by atoms with van der Waals surface area (Å²) in [5.74, 6) is 0.849. The van der Waals surface area contributed by atoms with Crippen LogP contribution >= 0.6 is 0 Å². The molecule has 0 atom stereocenters. The van der Waals surface area contributed by atoms with Crippen LogP contribution in [0.2, 0.25) is 0 Å². The first kappa shape index (κ1) is 25.3. The van der Waals surface area contributed by atoms with Crippen LogP contribution in [0.4, 0.5) is 0 Å². The summed E-state index contributed by atoms with van der Waals surface area (Å²) >= 11 is 0. The van der Waals surface area contributed by atoms with Gasteiger partial charge in [0.05, 0.1) is 12.0 Å². The molecule has 192 valence electrons. The summed E-state index contributed by atoms with van der Waals surface area (Å²) in [7, 11) is -1.84. The fourth-order valence-corrected chi connectivity index (χ4v) is 6.70. The summed E-state index contributed by atoms with van der Waals surface area (Å²) in [5, 5.41) is 1.21. The van der Waals surface area contributed by atoms with Crippen molar-refractivity contribution in [2.75, 3.05) is 20.2 Å². The second-order valence-electron chi connectivity index (χ2n) is 9.65. The van der Waals surface area contributed by atoms with Gasteiger partial charge in [-0.1, -0.05) is 61.9 Å². The molecule has 0 amide bonds. The Hall–Kier alpha value is -3.35. The highest BCUT2D eigenvalue weighted by Gasteiger charge is 2.28. The Labute approximate surface area is 220 Å². The van der Waals surface area contributed by atoms with Crippen molar-refractivity contribution >= 4 is 26.5 Å². The van der Waals surface area contributed by atoms with Crippen LogP contribution < -0.4 is 4.74 Å². The molecule has 5 nitrogen and oxygen atoms in total. The number of ether oxygens (including phenoxy) is 1. The minimum atomic E-state index is -3.52. The maximum Gasteiger partial charge on any atom is 0.243 e. The highest BCUT2D eigenvalue weighted by atomic mass is 32.2. The van der Waals surface area contributed by atoms with E-state index in [1.54, 1.807) is 23.5 Å². The van der Waals surface area contributed by atoms with Crippen molar-refractivity contribution < 1.29 is 13.2 Å². The fraction of sp³-hybridized carbons (Fsp3) is 0.290. The predicted octanol–water partition coefficient (Wildman–Crippen LogP) is 6.44. The van der Waals surface area contributed by atoms with Gasteiger partial charge in [0.1, 0.15) is 5.75 Å². The van der Waals surface area contributed by atoms with Gasteiger partial charge in [-0.25, -0.2) is 8.42 Å². The largest absolute Gasteiger partial charge is 0.497 e. The van der Waals surface area contributed by atoms with Crippen LogP contribution in [0.25, 0.3) is 16.5 Å². The SMILES string of the molecule is CCCc1ccc(S(=O)(=O)N2CC=C(c3c(C)n(Cc4ccc(OC)cc4)c4ccccc34)CC2)cc1. The maximum absolute atomic E-state index is 13.3. The molecule has 5 rings (SSSR count). The molecule has 6 heteroatoms. The Balaban J connectivity index is 1.43. The van der Waals surface area contributed by atoms with Gasteiger partial charge in [0, 0.05) is 41.8 Å². The minimum absolute atomic E-state index is 0.372. The first-order valence-corrected chi connectivity index (χ1v) is 14.4. The molecule has 0 N–H and O–H groups in total. The number of fused-ring (bicyclic) bond motifs is 1. The van der Waals surface area contributed by atoms with Gasteiger partial charge < -0.3 is 9.30 Å². The van der Waals surface area contributed by atoms with Crippen molar-refractivity contribution in [1.29, 1.82) is 0 Å². The molecule has 0 unspecified atom stereocenters. The Kier molecular flexibility index (Phi) is 7.22. The monoisotopic (exact) mass is 514 g/mol. The Morgan fingerprint density at radius 2 is 1.62 bits per heavy atom. The molecule has 37 heavy (non-hydrogen) atoms. The summed E-state index contributed by atoms with van der Waals surface area (Å²) in [4.78, 5) is 0.372. The third-order valence-corrected chi connectivity index (χ3v) is 9.20. The topological polar surface area (TPSA) is 51.5 Å². The maximum atomic E-state index is 13.3. The van der Waals surface area contributed by atoms with Crippen LogP contribution in [0.1, 0.15) is 42.1 Å². The predicted molar refractivity (Wildman–Crippen MR) is 151 cm³/mol. The average molecular weight is 515 g/mol. The van der Waals surface area contributed by atoms with Crippen LogP contribution in [0.15, 0.2) is 83.8 Å². The van der Waals surface area contributed by atoms with E-state index >= 15 is 0 Å². The summed E-state index contributed by atoms with van der Waals surface area (Å²) in [5.41, 5.74) is 7.21. The number of hydrogen-bond acceptors (Lipinski definition) is 3. The Morgan fingerprint density at radius 1 is 0.919 bits per heavy atom. The molecule has 0 bridgehead atoms. The molecule has 3 aromatic carbocycles. The molecule has 0 fully saturated rings. The van der Waals surface area contributed by atoms with Gasteiger partial charge in [-0.05, 0) is 66.8 Å². The van der Waals surface area contributed by atoms with Crippen LogP contribution in [0.3, 0.4) is 0 Å². The van der Waals surface area contributed by atoms with Gasteiger partial charge in [-0.2, -0.15) is 4.31 Å². The minimum Gasteiger partial charge on any atom is -0.497 e. The lowest BCUT2D eigenvalue weighted by Gasteiger charge is -2.26. The van der Waals surface area contributed by atoms with Crippen molar-refractivity contribution in [3.8, 4) is 5.75 Å². The van der Waals surface area contributed by atoms with E-state index in [-0.39, 0.29) is 0 Å². The molecule has 0 aliphatic carbocycles. The summed E-state index contributed by atoms with van der Waals surface area (Å²) in [6.45, 7) is 5.91. The van der Waals surface area contributed by atoms with Gasteiger partial charge in [0.15, 0.2) is 0 Å². The van der Waals surface area contributed by atoms with E-state index in [0.717, 1.165) is 25.1 Å². The van der Waals surface area contributed by atoms with Gasteiger partial charge in [0.2, 0.25) is 10.0 Å². The molecule has 1 aromatic heterocycles. The standard InChI is InChI=1S/C31H34N2O3S/c1-4-7-24-12-16-28(17-13-24)37(34,35)32-20-18-26(19-21-32)31-23(2)33(30-9-6-5-8-29(30)31)22-25-10-14-27(36-3)15-11-25/h5-6,8-18H,4,7,19-22H2,1-3H3. The molecular formula is C31H34N2O3S. The second kappa shape index (κ2) is 10.6. The molecule has 0 saturated heterocycles. The molecule has 1 aliphatic heterocycles. The fourth-order valence-electron chi connectivity index (χ4n) is 5.32. The van der Waals surface area contributed by atoms with Crippen LogP contribution in [0, 0.1) is 6.92 Å². The van der Waals surface area contributed by atoms with Gasteiger partial charge in [-0.15, -0.1) is 0 Å². The zero-order chi connectivity index (χ0) is 26.0. The van der Waals surface area contributed by atoms with Gasteiger partial charge in [-0.3, -0.25) is 0 Å². The molecule has 0 spiro atoms. The zero-order valence-corrected chi connectivity index (χ0v) is 22.6. The third-order valence-electron chi connectivity index (χ3n) is 7.32. The first-order valence-electron chi connectivity index (χ1n) is 12.9. The van der Waals surface area contributed by atoms with E-state index in [4.69, 9.17) is 4.74 Å². The summed E-state index contributed by atoms with van der Waals surface area (Å²) in [6.07, 6.45) is 4.78.